The molecule has 2 aliphatic heterocycles. The van der Waals surface area contributed by atoms with Gasteiger partial charge in [-0.25, -0.2) is 0 Å². The van der Waals surface area contributed by atoms with E-state index in [9.17, 15) is 9.59 Å². The first-order chi connectivity index (χ1) is 13.1. The highest BCUT2D eigenvalue weighted by atomic mass is 32.2. The standard InChI is InChI=1S/C20H28N2O3S2/c1-3-16-17(4-2)26-12-10-22(16)9-11-25-15-7-5-14(6-8-15)13-18-19(23)21-20(24)27-18/h3-4,14-15,18H,1-2,5-13H2,(H,21,23,24). The number of rotatable bonds is 8. The number of carbonyl (C=O) groups excluding carboxylic acids is 2. The normalized spacial score (nSPS) is 29.0. The van der Waals surface area contributed by atoms with Crippen LogP contribution in [0.5, 0.6) is 0 Å². The molecule has 5 nitrogen and oxygen atoms in total. The van der Waals surface area contributed by atoms with Crippen molar-refractivity contribution in [2.24, 2.45) is 5.92 Å². The van der Waals surface area contributed by atoms with Gasteiger partial charge >= 0.3 is 0 Å². The van der Waals surface area contributed by atoms with Crippen LogP contribution >= 0.6 is 23.5 Å². The van der Waals surface area contributed by atoms with Crippen molar-refractivity contribution in [3.05, 3.63) is 35.9 Å². The van der Waals surface area contributed by atoms with E-state index in [1.54, 1.807) is 0 Å². The van der Waals surface area contributed by atoms with Crippen LogP contribution < -0.4 is 5.32 Å². The van der Waals surface area contributed by atoms with Crippen LogP contribution in [0, 0.1) is 5.92 Å². The van der Waals surface area contributed by atoms with Gasteiger partial charge in [-0.1, -0.05) is 31.0 Å². The third-order valence-corrected chi connectivity index (χ3v) is 7.49. The molecule has 0 spiro atoms. The molecule has 1 unspecified atom stereocenters. The Balaban J connectivity index is 1.37. The molecule has 3 aliphatic rings. The van der Waals surface area contributed by atoms with E-state index in [1.165, 1.54) is 4.91 Å². The Morgan fingerprint density at radius 1 is 1.19 bits per heavy atom. The summed E-state index contributed by atoms with van der Waals surface area (Å²) in [4.78, 5) is 26.5. The number of ether oxygens (including phenoxy) is 1. The summed E-state index contributed by atoms with van der Waals surface area (Å²) in [6.45, 7) is 10.4. The third-order valence-electron chi connectivity index (χ3n) is 5.41. The summed E-state index contributed by atoms with van der Waals surface area (Å²) >= 11 is 2.98. The molecule has 0 aromatic heterocycles. The van der Waals surface area contributed by atoms with Crippen molar-refractivity contribution in [3.8, 4) is 0 Å². The molecule has 1 aliphatic carbocycles. The van der Waals surface area contributed by atoms with Gasteiger partial charge in [0.15, 0.2) is 0 Å². The van der Waals surface area contributed by atoms with Crippen molar-refractivity contribution in [2.75, 3.05) is 25.4 Å². The number of nitrogens with zero attached hydrogens (tertiary/aromatic N) is 1. The highest BCUT2D eigenvalue weighted by Gasteiger charge is 2.34. The van der Waals surface area contributed by atoms with E-state index in [4.69, 9.17) is 4.74 Å². The summed E-state index contributed by atoms with van der Waals surface area (Å²) in [5.74, 6) is 1.47. The molecule has 1 saturated heterocycles. The molecule has 148 valence electrons. The number of nitrogens with one attached hydrogen (secondary N) is 1. The molecule has 2 heterocycles. The smallest absolute Gasteiger partial charge is 0.286 e. The van der Waals surface area contributed by atoms with E-state index in [0.29, 0.717) is 12.0 Å². The van der Waals surface area contributed by atoms with Crippen molar-refractivity contribution < 1.29 is 14.3 Å². The molecule has 0 radical (unpaired) electrons. The molecule has 1 saturated carbocycles. The fourth-order valence-electron chi connectivity index (χ4n) is 3.96. The van der Waals surface area contributed by atoms with Crippen molar-refractivity contribution in [3.63, 3.8) is 0 Å². The maximum atomic E-state index is 11.7. The van der Waals surface area contributed by atoms with Crippen molar-refractivity contribution in [2.45, 2.75) is 43.5 Å². The molecule has 2 amide bonds. The molecule has 1 atom stereocenters. The molecule has 3 rings (SSSR count). The van der Waals surface area contributed by atoms with E-state index in [1.807, 2.05) is 23.9 Å². The van der Waals surface area contributed by atoms with Gasteiger partial charge in [0.1, 0.15) is 0 Å². The first-order valence-corrected chi connectivity index (χ1v) is 11.5. The quantitative estimate of drug-likeness (QED) is 0.657. The van der Waals surface area contributed by atoms with Gasteiger partial charge in [0, 0.05) is 29.4 Å². The topological polar surface area (TPSA) is 58.6 Å². The predicted octanol–water partition coefficient (Wildman–Crippen LogP) is 3.94. The van der Waals surface area contributed by atoms with Gasteiger partial charge in [0.05, 0.1) is 18.0 Å². The SMILES string of the molecule is C=CC1=C(C=C)N(CCOC2CCC(CC3SC(=O)NC3=O)CC2)CCS1. The van der Waals surface area contributed by atoms with Gasteiger partial charge in [0.2, 0.25) is 5.91 Å². The number of allylic oxidation sites excluding steroid dienone is 2. The van der Waals surface area contributed by atoms with Crippen LogP contribution in [0.1, 0.15) is 32.1 Å². The van der Waals surface area contributed by atoms with Crippen molar-refractivity contribution in [1.82, 2.24) is 10.2 Å². The summed E-state index contributed by atoms with van der Waals surface area (Å²) in [5.41, 5.74) is 1.16. The van der Waals surface area contributed by atoms with Crippen LogP contribution in [0.25, 0.3) is 0 Å². The van der Waals surface area contributed by atoms with E-state index in [-0.39, 0.29) is 16.4 Å². The lowest BCUT2D eigenvalue weighted by Gasteiger charge is -2.33. The Hall–Kier alpha value is -1.18. The van der Waals surface area contributed by atoms with Gasteiger partial charge < -0.3 is 9.64 Å². The average Bonchev–Trinajstić information content (AvgIpc) is 2.99. The van der Waals surface area contributed by atoms with Crippen LogP contribution in [-0.2, 0) is 9.53 Å². The molecule has 0 bridgehead atoms. The molecule has 7 heteroatoms. The molecule has 0 aromatic rings. The van der Waals surface area contributed by atoms with Crippen LogP contribution in [0.4, 0.5) is 4.79 Å². The Morgan fingerprint density at radius 2 is 1.96 bits per heavy atom. The van der Waals surface area contributed by atoms with Crippen LogP contribution in [0.3, 0.4) is 0 Å². The van der Waals surface area contributed by atoms with E-state index >= 15 is 0 Å². The maximum Gasteiger partial charge on any atom is 0.286 e. The summed E-state index contributed by atoms with van der Waals surface area (Å²) < 4.78 is 6.13. The van der Waals surface area contributed by atoms with Crippen molar-refractivity contribution >= 4 is 34.7 Å². The first kappa shape index (κ1) is 20.6. The zero-order chi connectivity index (χ0) is 19.2. The molecule has 2 fully saturated rings. The second-order valence-electron chi connectivity index (χ2n) is 7.13. The maximum absolute atomic E-state index is 11.7. The fourth-order valence-corrected chi connectivity index (χ4v) is 5.92. The monoisotopic (exact) mass is 408 g/mol. The number of imide groups is 1. The largest absolute Gasteiger partial charge is 0.376 e. The second-order valence-corrected chi connectivity index (χ2v) is 9.44. The minimum absolute atomic E-state index is 0.118. The lowest BCUT2D eigenvalue weighted by Crippen LogP contribution is -2.33. The Kier molecular flexibility index (Phi) is 7.49. The van der Waals surface area contributed by atoms with Crippen LogP contribution in [-0.4, -0.2) is 52.8 Å². The minimum atomic E-state index is -0.203. The van der Waals surface area contributed by atoms with Gasteiger partial charge in [-0.3, -0.25) is 14.9 Å². The third kappa shape index (κ3) is 5.42. The Labute approximate surface area is 170 Å². The summed E-state index contributed by atoms with van der Waals surface area (Å²) in [7, 11) is 0. The fraction of sp³-hybridized carbons (Fsp3) is 0.600. The highest BCUT2D eigenvalue weighted by Crippen LogP contribution is 2.34. The Bertz CT molecular complexity index is 627. The van der Waals surface area contributed by atoms with E-state index in [0.717, 1.165) is 75.0 Å². The molecule has 0 aromatic carbocycles. The zero-order valence-electron chi connectivity index (χ0n) is 15.7. The van der Waals surface area contributed by atoms with Crippen LogP contribution in [0.15, 0.2) is 35.9 Å². The van der Waals surface area contributed by atoms with E-state index in [2.05, 4.69) is 23.4 Å². The lowest BCUT2D eigenvalue weighted by molar-refractivity contribution is -0.119. The van der Waals surface area contributed by atoms with Crippen LogP contribution in [0.2, 0.25) is 0 Å². The number of thioether (sulfide) groups is 2. The number of carbonyl (C=O) groups is 2. The number of hydrogen-bond donors (Lipinski definition) is 1. The predicted molar refractivity (Wildman–Crippen MR) is 113 cm³/mol. The highest BCUT2D eigenvalue weighted by molar-refractivity contribution is 8.15. The summed E-state index contributed by atoms with van der Waals surface area (Å²) in [6, 6.07) is 0. The Morgan fingerprint density at radius 3 is 2.59 bits per heavy atom. The lowest BCUT2D eigenvalue weighted by atomic mass is 9.84. The summed E-state index contributed by atoms with van der Waals surface area (Å²) in [5, 5.41) is 1.98. The number of hydrogen-bond acceptors (Lipinski definition) is 6. The molecule has 27 heavy (non-hydrogen) atoms. The average molecular weight is 409 g/mol. The molecular formula is C20H28N2O3S2. The minimum Gasteiger partial charge on any atom is -0.376 e. The summed E-state index contributed by atoms with van der Waals surface area (Å²) in [6.07, 6.45) is 9.15. The van der Waals surface area contributed by atoms with E-state index < -0.39 is 0 Å². The van der Waals surface area contributed by atoms with Gasteiger partial charge in [-0.2, -0.15) is 0 Å². The van der Waals surface area contributed by atoms with Crippen molar-refractivity contribution in [1.29, 1.82) is 0 Å². The second kappa shape index (κ2) is 9.85. The first-order valence-electron chi connectivity index (χ1n) is 9.60. The zero-order valence-corrected chi connectivity index (χ0v) is 17.3. The van der Waals surface area contributed by atoms with Gasteiger partial charge in [-0.05, 0) is 44.1 Å². The number of amides is 2. The molecule has 1 N–H and O–H groups in total. The van der Waals surface area contributed by atoms with Gasteiger partial charge in [-0.15, -0.1) is 11.8 Å². The van der Waals surface area contributed by atoms with Gasteiger partial charge in [0.25, 0.3) is 5.24 Å². The molecular weight excluding hydrogens is 380 g/mol.